The van der Waals surface area contributed by atoms with Gasteiger partial charge < -0.3 is 20.7 Å². The van der Waals surface area contributed by atoms with Crippen LogP contribution in [-0.2, 0) is 17.9 Å². The van der Waals surface area contributed by atoms with Crippen LogP contribution in [-0.4, -0.2) is 25.5 Å². The fourth-order valence-electron chi connectivity index (χ4n) is 3.72. The summed E-state index contributed by atoms with van der Waals surface area (Å²) in [6.45, 7) is 3.95. The van der Waals surface area contributed by atoms with Gasteiger partial charge in [0, 0.05) is 30.3 Å². The van der Waals surface area contributed by atoms with E-state index in [1.165, 1.54) is 0 Å². The number of nitrogens with one attached hydrogen (secondary N) is 3. The van der Waals surface area contributed by atoms with Gasteiger partial charge in [-0.15, -0.1) is 0 Å². The van der Waals surface area contributed by atoms with Crippen molar-refractivity contribution in [3.8, 4) is 5.75 Å². The van der Waals surface area contributed by atoms with Crippen LogP contribution in [0, 0.1) is 5.92 Å². The number of carbonyl (C=O) groups is 1. The summed E-state index contributed by atoms with van der Waals surface area (Å²) < 4.78 is 5.41. The second kappa shape index (κ2) is 11.2. The zero-order chi connectivity index (χ0) is 21.2. The van der Waals surface area contributed by atoms with E-state index in [4.69, 9.17) is 9.73 Å². The Morgan fingerprint density at radius 3 is 2.67 bits per heavy atom. The fraction of sp³-hybridized carbons (Fsp3) is 0.417. The highest BCUT2D eigenvalue weighted by Crippen LogP contribution is 2.26. The van der Waals surface area contributed by atoms with Crippen molar-refractivity contribution in [3.05, 3.63) is 59.7 Å². The number of nitrogens with zero attached hydrogens (tertiary/aromatic N) is 1. The Balaban J connectivity index is 1.60. The molecule has 0 radical (unpaired) electrons. The topological polar surface area (TPSA) is 74.8 Å². The van der Waals surface area contributed by atoms with E-state index in [1.54, 1.807) is 7.11 Å². The zero-order valence-electron chi connectivity index (χ0n) is 17.9. The lowest BCUT2D eigenvalue weighted by Crippen LogP contribution is -2.36. The molecule has 0 aromatic heterocycles. The number of rotatable bonds is 8. The van der Waals surface area contributed by atoms with Gasteiger partial charge in [0.2, 0.25) is 5.91 Å². The monoisotopic (exact) mass is 408 g/mol. The summed E-state index contributed by atoms with van der Waals surface area (Å²) >= 11 is 0. The Bertz CT molecular complexity index is 860. The number of aliphatic imine (C=N–C) groups is 1. The van der Waals surface area contributed by atoms with Crippen LogP contribution in [0.3, 0.4) is 0 Å². The number of carbonyl (C=O) groups excluding carboxylic acids is 1. The molecule has 0 heterocycles. The fourth-order valence-corrected chi connectivity index (χ4v) is 3.72. The highest BCUT2D eigenvalue weighted by molar-refractivity contribution is 5.92. The van der Waals surface area contributed by atoms with Gasteiger partial charge in [-0.25, -0.2) is 4.99 Å². The highest BCUT2D eigenvalue weighted by Gasteiger charge is 2.22. The van der Waals surface area contributed by atoms with E-state index in [1.807, 2.05) is 55.5 Å². The normalized spacial score (nSPS) is 14.4. The minimum Gasteiger partial charge on any atom is -0.496 e. The number of methoxy groups -OCH3 is 1. The maximum absolute atomic E-state index is 12.4. The van der Waals surface area contributed by atoms with Crippen molar-refractivity contribution < 1.29 is 9.53 Å². The van der Waals surface area contributed by atoms with Crippen molar-refractivity contribution in [2.75, 3.05) is 19.0 Å². The number of benzene rings is 2. The maximum Gasteiger partial charge on any atom is 0.227 e. The molecule has 0 atom stereocenters. The van der Waals surface area contributed by atoms with Gasteiger partial charge in [-0.3, -0.25) is 4.79 Å². The summed E-state index contributed by atoms with van der Waals surface area (Å²) in [6.07, 6.45) is 4.31. The van der Waals surface area contributed by atoms with Crippen LogP contribution >= 0.6 is 0 Å². The molecule has 0 saturated heterocycles. The van der Waals surface area contributed by atoms with E-state index in [9.17, 15) is 4.79 Å². The standard InChI is InChI=1S/C24H32N4O2/c1-3-25-24(27-17-20-12-6-7-14-22(20)30-2)26-16-18-9-8-13-21(15-18)28-23(29)19-10-4-5-11-19/h6-9,12-15,19H,3-5,10-11,16-17H2,1-2H3,(H,28,29)(H2,25,26,27). The van der Waals surface area contributed by atoms with Gasteiger partial charge in [-0.1, -0.05) is 43.2 Å². The predicted molar refractivity (Wildman–Crippen MR) is 122 cm³/mol. The van der Waals surface area contributed by atoms with Crippen molar-refractivity contribution in [2.24, 2.45) is 10.9 Å². The number of hydrogen-bond acceptors (Lipinski definition) is 3. The van der Waals surface area contributed by atoms with E-state index in [0.29, 0.717) is 13.1 Å². The third-order valence-electron chi connectivity index (χ3n) is 5.32. The third-order valence-corrected chi connectivity index (χ3v) is 5.32. The molecule has 0 unspecified atom stereocenters. The lowest BCUT2D eigenvalue weighted by atomic mass is 10.1. The SMILES string of the molecule is CCNC(=NCc1cccc(NC(=O)C2CCCC2)c1)NCc1ccccc1OC. The molecule has 1 aliphatic rings. The van der Waals surface area contributed by atoms with E-state index in [-0.39, 0.29) is 11.8 Å². The number of anilines is 1. The highest BCUT2D eigenvalue weighted by atomic mass is 16.5. The van der Waals surface area contributed by atoms with Crippen LogP contribution in [0.4, 0.5) is 5.69 Å². The quantitative estimate of drug-likeness (QED) is 0.454. The molecule has 0 bridgehead atoms. The Labute approximate surface area is 179 Å². The predicted octanol–water partition coefficient (Wildman–Crippen LogP) is 4.08. The summed E-state index contributed by atoms with van der Waals surface area (Å²) in [7, 11) is 1.68. The van der Waals surface area contributed by atoms with E-state index < -0.39 is 0 Å². The first kappa shape index (κ1) is 21.7. The van der Waals surface area contributed by atoms with E-state index in [2.05, 4.69) is 16.0 Å². The first-order chi connectivity index (χ1) is 14.7. The molecule has 3 rings (SSSR count). The molecule has 6 nitrogen and oxygen atoms in total. The molecule has 1 amide bonds. The Hall–Kier alpha value is -3.02. The molecule has 6 heteroatoms. The number of hydrogen-bond donors (Lipinski definition) is 3. The summed E-state index contributed by atoms with van der Waals surface area (Å²) in [5.74, 6) is 1.89. The Morgan fingerprint density at radius 1 is 1.10 bits per heavy atom. The molecule has 1 aliphatic carbocycles. The maximum atomic E-state index is 12.4. The molecule has 160 valence electrons. The third kappa shape index (κ3) is 6.24. The average molecular weight is 409 g/mol. The number of para-hydroxylation sites is 1. The minimum atomic E-state index is 0.139. The van der Waals surface area contributed by atoms with Gasteiger partial charge in [0.1, 0.15) is 5.75 Å². The lowest BCUT2D eigenvalue weighted by Gasteiger charge is -2.14. The van der Waals surface area contributed by atoms with Crippen molar-refractivity contribution in [3.63, 3.8) is 0 Å². The van der Waals surface area contributed by atoms with Crippen LogP contribution in [0.5, 0.6) is 5.75 Å². The summed E-state index contributed by atoms with van der Waals surface area (Å²) in [4.78, 5) is 17.1. The Kier molecular flexibility index (Phi) is 8.12. The van der Waals surface area contributed by atoms with Crippen LogP contribution in [0.2, 0.25) is 0 Å². The average Bonchev–Trinajstić information content (AvgIpc) is 3.31. The summed E-state index contributed by atoms with van der Waals surface area (Å²) in [6, 6.07) is 15.9. The van der Waals surface area contributed by atoms with Gasteiger partial charge in [-0.05, 0) is 43.5 Å². The molecule has 2 aromatic carbocycles. The smallest absolute Gasteiger partial charge is 0.227 e. The number of amides is 1. The van der Waals surface area contributed by atoms with Crippen molar-refractivity contribution in [2.45, 2.75) is 45.7 Å². The second-order valence-corrected chi connectivity index (χ2v) is 7.53. The van der Waals surface area contributed by atoms with Crippen LogP contribution < -0.4 is 20.7 Å². The van der Waals surface area contributed by atoms with Crippen molar-refractivity contribution >= 4 is 17.6 Å². The number of guanidine groups is 1. The van der Waals surface area contributed by atoms with Crippen LogP contribution in [0.15, 0.2) is 53.5 Å². The van der Waals surface area contributed by atoms with Gasteiger partial charge in [-0.2, -0.15) is 0 Å². The lowest BCUT2D eigenvalue weighted by molar-refractivity contribution is -0.119. The zero-order valence-corrected chi connectivity index (χ0v) is 17.9. The first-order valence-electron chi connectivity index (χ1n) is 10.7. The molecule has 2 aromatic rings. The van der Waals surface area contributed by atoms with Gasteiger partial charge in [0.25, 0.3) is 0 Å². The second-order valence-electron chi connectivity index (χ2n) is 7.53. The molecule has 0 aliphatic heterocycles. The van der Waals surface area contributed by atoms with E-state index in [0.717, 1.165) is 60.8 Å². The van der Waals surface area contributed by atoms with E-state index >= 15 is 0 Å². The molecule has 0 spiro atoms. The Morgan fingerprint density at radius 2 is 1.90 bits per heavy atom. The number of ether oxygens (including phenoxy) is 1. The summed E-state index contributed by atoms with van der Waals surface area (Å²) in [5.41, 5.74) is 2.96. The van der Waals surface area contributed by atoms with Gasteiger partial charge in [0.15, 0.2) is 5.96 Å². The largest absolute Gasteiger partial charge is 0.496 e. The molecular weight excluding hydrogens is 376 g/mol. The summed E-state index contributed by atoms with van der Waals surface area (Å²) in [5, 5.41) is 9.69. The van der Waals surface area contributed by atoms with Crippen LogP contribution in [0.1, 0.15) is 43.7 Å². The van der Waals surface area contributed by atoms with Gasteiger partial charge >= 0.3 is 0 Å². The van der Waals surface area contributed by atoms with Crippen molar-refractivity contribution in [1.29, 1.82) is 0 Å². The van der Waals surface area contributed by atoms with Crippen molar-refractivity contribution in [1.82, 2.24) is 10.6 Å². The molecule has 1 fully saturated rings. The van der Waals surface area contributed by atoms with Gasteiger partial charge in [0.05, 0.1) is 13.7 Å². The molecule has 3 N–H and O–H groups in total. The molecule has 1 saturated carbocycles. The van der Waals surface area contributed by atoms with Crippen LogP contribution in [0.25, 0.3) is 0 Å². The molecular formula is C24H32N4O2. The molecule has 30 heavy (non-hydrogen) atoms. The first-order valence-corrected chi connectivity index (χ1v) is 10.7. The minimum absolute atomic E-state index is 0.139.